The van der Waals surface area contributed by atoms with Crippen LogP contribution in [0, 0.1) is 5.92 Å². The van der Waals surface area contributed by atoms with Gasteiger partial charge in [0.25, 0.3) is 0 Å². The van der Waals surface area contributed by atoms with Gasteiger partial charge in [0.15, 0.2) is 5.82 Å². The van der Waals surface area contributed by atoms with Crippen LogP contribution in [0.4, 0.5) is 5.82 Å². The molecule has 0 radical (unpaired) electrons. The topological polar surface area (TPSA) is 67.1 Å². The number of hydrogen-bond donors (Lipinski definition) is 1. The van der Waals surface area contributed by atoms with Gasteiger partial charge in [-0.2, -0.15) is 5.10 Å². The summed E-state index contributed by atoms with van der Waals surface area (Å²) in [6.45, 7) is 1.95. The number of hydrogen-bond acceptors (Lipinski definition) is 5. The molecule has 3 aromatic rings. The van der Waals surface area contributed by atoms with E-state index in [0.717, 1.165) is 48.6 Å². The zero-order valence-corrected chi connectivity index (χ0v) is 16.0. The molecular weight excluding hydrogens is 362 g/mol. The minimum Gasteiger partial charge on any atom is -0.396 e. The third-order valence-corrected chi connectivity index (χ3v) is 5.17. The molecule has 1 saturated heterocycles. The summed E-state index contributed by atoms with van der Waals surface area (Å²) in [7, 11) is 1.88. The van der Waals surface area contributed by atoms with E-state index in [1.807, 2.05) is 43.6 Å². The third kappa shape index (κ3) is 3.96. The second kappa shape index (κ2) is 7.66. The summed E-state index contributed by atoms with van der Waals surface area (Å²) in [6, 6.07) is 9.68. The van der Waals surface area contributed by atoms with E-state index in [9.17, 15) is 5.11 Å². The van der Waals surface area contributed by atoms with E-state index in [2.05, 4.69) is 10.00 Å². The summed E-state index contributed by atoms with van der Waals surface area (Å²) in [5, 5.41) is 14.5. The molecule has 0 amide bonds. The summed E-state index contributed by atoms with van der Waals surface area (Å²) < 4.78 is 1.75. The van der Waals surface area contributed by atoms with Crippen LogP contribution in [0.25, 0.3) is 22.6 Å². The maximum absolute atomic E-state index is 9.57. The lowest BCUT2D eigenvalue weighted by Gasteiger charge is -2.33. The van der Waals surface area contributed by atoms with Gasteiger partial charge in [0, 0.05) is 49.6 Å². The van der Waals surface area contributed by atoms with Crippen molar-refractivity contribution >= 4 is 17.4 Å². The molecule has 3 heterocycles. The molecule has 140 valence electrons. The fourth-order valence-corrected chi connectivity index (χ4v) is 3.58. The van der Waals surface area contributed by atoms with Crippen molar-refractivity contribution in [2.45, 2.75) is 12.8 Å². The van der Waals surface area contributed by atoms with E-state index in [0.29, 0.717) is 10.8 Å². The van der Waals surface area contributed by atoms with Crippen molar-refractivity contribution < 1.29 is 5.11 Å². The molecule has 4 rings (SSSR count). The first-order valence-electron chi connectivity index (χ1n) is 9.12. The highest BCUT2D eigenvalue weighted by Gasteiger charge is 2.22. The summed E-state index contributed by atoms with van der Waals surface area (Å²) in [6.07, 6.45) is 5.79. The van der Waals surface area contributed by atoms with Crippen LogP contribution in [0.15, 0.2) is 42.7 Å². The molecule has 7 heteroatoms. The van der Waals surface area contributed by atoms with Crippen molar-refractivity contribution in [2.24, 2.45) is 13.0 Å². The Balaban J connectivity index is 1.77. The summed E-state index contributed by atoms with van der Waals surface area (Å²) in [5.41, 5.74) is 2.72. The van der Waals surface area contributed by atoms with Crippen molar-refractivity contribution in [3.05, 3.63) is 47.7 Å². The fourth-order valence-electron chi connectivity index (χ4n) is 3.45. The van der Waals surface area contributed by atoms with Crippen LogP contribution >= 0.6 is 11.6 Å². The van der Waals surface area contributed by atoms with Gasteiger partial charge in [-0.25, -0.2) is 9.97 Å². The molecule has 1 fully saturated rings. The van der Waals surface area contributed by atoms with E-state index in [-0.39, 0.29) is 12.5 Å². The number of aliphatic hydroxyl groups is 1. The van der Waals surface area contributed by atoms with Crippen LogP contribution in [0.2, 0.25) is 5.02 Å². The molecule has 1 aromatic carbocycles. The van der Waals surface area contributed by atoms with Gasteiger partial charge in [-0.1, -0.05) is 23.7 Å². The minimum absolute atomic E-state index is 0.209. The maximum atomic E-state index is 9.57. The van der Waals surface area contributed by atoms with Gasteiger partial charge >= 0.3 is 0 Å². The highest BCUT2D eigenvalue weighted by atomic mass is 35.5. The van der Waals surface area contributed by atoms with Crippen molar-refractivity contribution in [1.82, 2.24) is 19.7 Å². The molecule has 1 atom stereocenters. The first-order valence-corrected chi connectivity index (χ1v) is 9.50. The number of aryl methyl sites for hydroxylation is 1. The minimum atomic E-state index is 0.209. The van der Waals surface area contributed by atoms with Crippen molar-refractivity contribution in [1.29, 1.82) is 0 Å². The van der Waals surface area contributed by atoms with Crippen LogP contribution in [0.1, 0.15) is 12.8 Å². The van der Waals surface area contributed by atoms with E-state index in [1.54, 1.807) is 10.9 Å². The number of aliphatic hydroxyl groups excluding tert-OH is 1. The highest BCUT2D eigenvalue weighted by molar-refractivity contribution is 6.30. The summed E-state index contributed by atoms with van der Waals surface area (Å²) >= 11 is 6.04. The van der Waals surface area contributed by atoms with Crippen LogP contribution in [0.5, 0.6) is 0 Å². The van der Waals surface area contributed by atoms with Crippen LogP contribution < -0.4 is 4.90 Å². The zero-order valence-electron chi connectivity index (χ0n) is 15.2. The maximum Gasteiger partial charge on any atom is 0.165 e. The standard InChI is InChI=1S/C20H22ClN5O/c1-25-12-16(10-22-25)20-23-18(15-4-6-17(21)7-5-15)9-19(24-20)26-8-2-3-14(11-26)13-27/h4-7,9-10,12,14,27H,2-3,8,11,13H2,1H3/t14-/m1/s1. The first-order chi connectivity index (χ1) is 13.1. The van der Waals surface area contributed by atoms with E-state index >= 15 is 0 Å². The van der Waals surface area contributed by atoms with Crippen LogP contribution in [-0.4, -0.2) is 44.6 Å². The Labute approximate surface area is 163 Å². The van der Waals surface area contributed by atoms with Crippen molar-refractivity contribution in [3.63, 3.8) is 0 Å². The molecule has 1 aliphatic rings. The Kier molecular flexibility index (Phi) is 5.09. The second-order valence-corrected chi connectivity index (χ2v) is 7.42. The number of anilines is 1. The average Bonchev–Trinajstić information content (AvgIpc) is 3.15. The van der Waals surface area contributed by atoms with Gasteiger partial charge in [-0.3, -0.25) is 4.68 Å². The average molecular weight is 384 g/mol. The Morgan fingerprint density at radius 2 is 2.00 bits per heavy atom. The number of aromatic nitrogens is 4. The van der Waals surface area contributed by atoms with Crippen molar-refractivity contribution in [2.75, 3.05) is 24.6 Å². The smallest absolute Gasteiger partial charge is 0.165 e. The molecule has 0 aliphatic carbocycles. The molecule has 1 N–H and O–H groups in total. The number of piperidine rings is 1. The number of nitrogens with zero attached hydrogens (tertiary/aromatic N) is 5. The summed E-state index contributed by atoms with van der Waals surface area (Å²) in [5.74, 6) is 1.82. The third-order valence-electron chi connectivity index (χ3n) is 4.92. The quantitative estimate of drug-likeness (QED) is 0.747. The SMILES string of the molecule is Cn1cc(-c2nc(-c3ccc(Cl)cc3)cc(N3CCC[C@@H](CO)C3)n2)cn1. The Morgan fingerprint density at radius 1 is 1.19 bits per heavy atom. The Bertz CT molecular complexity index is 924. The Hall–Kier alpha value is -2.44. The molecule has 6 nitrogen and oxygen atoms in total. The first kappa shape index (κ1) is 17.9. The predicted molar refractivity (Wildman–Crippen MR) is 107 cm³/mol. The van der Waals surface area contributed by atoms with Gasteiger partial charge in [-0.05, 0) is 30.9 Å². The van der Waals surface area contributed by atoms with Gasteiger partial charge in [-0.15, -0.1) is 0 Å². The van der Waals surface area contributed by atoms with Gasteiger partial charge in [0.2, 0.25) is 0 Å². The highest BCUT2D eigenvalue weighted by Crippen LogP contribution is 2.29. The molecule has 0 bridgehead atoms. The van der Waals surface area contributed by atoms with Gasteiger partial charge in [0.05, 0.1) is 17.5 Å². The molecule has 0 saturated carbocycles. The molecule has 0 spiro atoms. The lowest BCUT2D eigenvalue weighted by molar-refractivity contribution is 0.208. The molecule has 1 aliphatic heterocycles. The van der Waals surface area contributed by atoms with Gasteiger partial charge < -0.3 is 10.0 Å². The number of halogens is 1. The fraction of sp³-hybridized carbons (Fsp3) is 0.350. The lowest BCUT2D eigenvalue weighted by atomic mass is 9.99. The van der Waals surface area contributed by atoms with Crippen LogP contribution in [0.3, 0.4) is 0 Å². The normalized spacial score (nSPS) is 17.3. The monoisotopic (exact) mass is 383 g/mol. The molecule has 27 heavy (non-hydrogen) atoms. The largest absolute Gasteiger partial charge is 0.396 e. The number of rotatable bonds is 4. The Morgan fingerprint density at radius 3 is 2.70 bits per heavy atom. The van der Waals surface area contributed by atoms with E-state index in [4.69, 9.17) is 21.6 Å². The predicted octanol–water partition coefficient (Wildman–Crippen LogP) is 3.41. The molecule has 0 unspecified atom stereocenters. The van der Waals surface area contributed by atoms with E-state index in [1.165, 1.54) is 0 Å². The molecule has 2 aromatic heterocycles. The van der Waals surface area contributed by atoms with Crippen molar-refractivity contribution in [3.8, 4) is 22.6 Å². The summed E-state index contributed by atoms with van der Waals surface area (Å²) in [4.78, 5) is 11.8. The van der Waals surface area contributed by atoms with Crippen LogP contribution in [-0.2, 0) is 7.05 Å². The lowest BCUT2D eigenvalue weighted by Crippen LogP contribution is -2.37. The number of benzene rings is 1. The van der Waals surface area contributed by atoms with E-state index < -0.39 is 0 Å². The second-order valence-electron chi connectivity index (χ2n) is 6.98. The van der Waals surface area contributed by atoms with Gasteiger partial charge in [0.1, 0.15) is 5.82 Å². The molecular formula is C20H22ClN5O. The zero-order chi connectivity index (χ0) is 18.8.